The molecule has 2 heteroatoms. The van der Waals surface area contributed by atoms with Gasteiger partial charge in [-0.1, -0.05) is 55.1 Å². The first-order valence-electron chi connectivity index (χ1n) is 7.67. The maximum Gasteiger partial charge on any atom is 0.159 e. The Hall–Kier alpha value is -2.87. The predicted octanol–water partition coefficient (Wildman–Crippen LogP) is 4.92. The largest absolute Gasteiger partial charge is 0.337 e. The van der Waals surface area contributed by atoms with Gasteiger partial charge in [-0.3, -0.25) is 4.79 Å². The maximum absolute atomic E-state index is 11.8. The number of ketones is 1. The molecule has 1 aliphatic heterocycles. The van der Waals surface area contributed by atoms with Crippen molar-refractivity contribution >= 4 is 22.7 Å². The number of nitrogens with zero attached hydrogens (tertiary/aromatic N) is 1. The SMILES string of the molecule is C=C1/C=C(C(C)=O)\C=C/CN(c2ccccc2)c2ccccc21. The fourth-order valence-corrected chi connectivity index (χ4v) is 2.75. The number of hydrogen-bond donors (Lipinski definition) is 0. The molecule has 114 valence electrons. The molecule has 0 bridgehead atoms. The van der Waals surface area contributed by atoms with Crippen LogP contribution in [0.1, 0.15) is 12.5 Å². The molecular formula is C21H19NO. The molecule has 0 saturated carbocycles. The number of hydrogen-bond acceptors (Lipinski definition) is 2. The van der Waals surface area contributed by atoms with E-state index in [0.717, 1.165) is 22.5 Å². The summed E-state index contributed by atoms with van der Waals surface area (Å²) < 4.78 is 0. The average molecular weight is 301 g/mol. The van der Waals surface area contributed by atoms with Crippen LogP contribution in [0, 0.1) is 0 Å². The van der Waals surface area contributed by atoms with Crippen LogP contribution >= 0.6 is 0 Å². The van der Waals surface area contributed by atoms with Gasteiger partial charge in [0.15, 0.2) is 5.78 Å². The van der Waals surface area contributed by atoms with E-state index in [4.69, 9.17) is 0 Å². The number of para-hydroxylation sites is 2. The van der Waals surface area contributed by atoms with Gasteiger partial charge in [-0.2, -0.15) is 0 Å². The zero-order valence-corrected chi connectivity index (χ0v) is 13.2. The van der Waals surface area contributed by atoms with Gasteiger partial charge >= 0.3 is 0 Å². The molecule has 0 aromatic heterocycles. The normalized spacial score (nSPS) is 18.0. The van der Waals surface area contributed by atoms with Gasteiger partial charge < -0.3 is 4.90 Å². The van der Waals surface area contributed by atoms with Crippen molar-refractivity contribution in [1.29, 1.82) is 0 Å². The second-order valence-electron chi connectivity index (χ2n) is 5.55. The summed E-state index contributed by atoms with van der Waals surface area (Å²) in [5.41, 5.74) is 4.77. The quantitative estimate of drug-likeness (QED) is 0.784. The highest BCUT2D eigenvalue weighted by atomic mass is 16.1. The summed E-state index contributed by atoms with van der Waals surface area (Å²) in [5.74, 6) is 0.0491. The number of carbonyl (C=O) groups is 1. The van der Waals surface area contributed by atoms with Crippen molar-refractivity contribution in [2.24, 2.45) is 0 Å². The molecule has 23 heavy (non-hydrogen) atoms. The molecule has 0 unspecified atom stereocenters. The Morgan fingerprint density at radius 3 is 2.48 bits per heavy atom. The first-order chi connectivity index (χ1) is 11.2. The first-order valence-corrected chi connectivity index (χ1v) is 7.67. The summed E-state index contributed by atoms with van der Waals surface area (Å²) in [4.78, 5) is 14.0. The average Bonchev–Trinajstić information content (AvgIpc) is 2.64. The van der Waals surface area contributed by atoms with E-state index in [9.17, 15) is 4.79 Å². The molecule has 0 atom stereocenters. The van der Waals surface area contributed by atoms with E-state index in [1.807, 2.05) is 54.6 Å². The lowest BCUT2D eigenvalue weighted by Gasteiger charge is -2.26. The molecule has 3 rings (SSSR count). The molecular weight excluding hydrogens is 282 g/mol. The third-order valence-electron chi connectivity index (χ3n) is 3.93. The minimum atomic E-state index is 0.0491. The number of benzene rings is 2. The number of Topliss-reactive ketones (excluding diaryl/α,β-unsaturated/α-hetero) is 1. The van der Waals surface area contributed by atoms with Crippen molar-refractivity contribution in [3.8, 4) is 0 Å². The van der Waals surface area contributed by atoms with Crippen LogP contribution < -0.4 is 4.90 Å². The summed E-state index contributed by atoms with van der Waals surface area (Å²) in [6.07, 6.45) is 5.77. The highest BCUT2D eigenvalue weighted by Crippen LogP contribution is 2.33. The van der Waals surface area contributed by atoms with E-state index in [1.54, 1.807) is 6.92 Å². The summed E-state index contributed by atoms with van der Waals surface area (Å²) >= 11 is 0. The topological polar surface area (TPSA) is 20.3 Å². The second-order valence-corrected chi connectivity index (χ2v) is 5.55. The zero-order valence-electron chi connectivity index (χ0n) is 13.2. The van der Waals surface area contributed by atoms with Gasteiger partial charge in [-0.25, -0.2) is 0 Å². The van der Waals surface area contributed by atoms with Crippen LogP contribution in [0.25, 0.3) is 5.57 Å². The Balaban J connectivity index is 2.16. The molecule has 0 aliphatic carbocycles. The van der Waals surface area contributed by atoms with Crippen LogP contribution in [0.4, 0.5) is 11.4 Å². The molecule has 0 radical (unpaired) electrons. The Bertz CT molecular complexity index is 800. The highest BCUT2D eigenvalue weighted by Gasteiger charge is 2.15. The Labute approximate surface area is 137 Å². The maximum atomic E-state index is 11.8. The predicted molar refractivity (Wildman–Crippen MR) is 96.8 cm³/mol. The minimum absolute atomic E-state index is 0.0491. The van der Waals surface area contributed by atoms with Crippen molar-refractivity contribution in [3.05, 3.63) is 90.5 Å². The van der Waals surface area contributed by atoms with E-state index in [0.29, 0.717) is 12.1 Å². The van der Waals surface area contributed by atoms with E-state index < -0.39 is 0 Å². The fraction of sp³-hybridized carbons (Fsp3) is 0.0952. The molecule has 0 N–H and O–H groups in total. The van der Waals surface area contributed by atoms with E-state index in [1.165, 1.54) is 0 Å². The zero-order chi connectivity index (χ0) is 16.2. The summed E-state index contributed by atoms with van der Waals surface area (Å²) in [5, 5.41) is 0. The van der Waals surface area contributed by atoms with Crippen LogP contribution in [0.3, 0.4) is 0 Å². The molecule has 2 nitrogen and oxygen atoms in total. The van der Waals surface area contributed by atoms with Gasteiger partial charge in [-0.05, 0) is 36.8 Å². The lowest BCUT2D eigenvalue weighted by molar-refractivity contribution is -0.113. The fourth-order valence-electron chi connectivity index (χ4n) is 2.75. The van der Waals surface area contributed by atoms with Gasteiger partial charge in [0.05, 0.1) is 0 Å². The monoisotopic (exact) mass is 301 g/mol. The van der Waals surface area contributed by atoms with Gasteiger partial charge in [0.25, 0.3) is 0 Å². The van der Waals surface area contributed by atoms with E-state index >= 15 is 0 Å². The highest BCUT2D eigenvalue weighted by molar-refractivity contribution is 6.00. The minimum Gasteiger partial charge on any atom is -0.337 e. The number of allylic oxidation sites excluding steroid dienone is 4. The van der Waals surface area contributed by atoms with Crippen LogP contribution in [-0.4, -0.2) is 12.3 Å². The van der Waals surface area contributed by atoms with E-state index in [2.05, 4.69) is 29.7 Å². The summed E-state index contributed by atoms with van der Waals surface area (Å²) in [7, 11) is 0. The number of fused-ring (bicyclic) bond motifs is 1. The lowest BCUT2D eigenvalue weighted by Crippen LogP contribution is -2.18. The van der Waals surface area contributed by atoms with Crippen molar-refractivity contribution in [2.45, 2.75) is 6.92 Å². The molecule has 2 aromatic carbocycles. The second kappa shape index (κ2) is 6.49. The molecule has 0 saturated heterocycles. The molecule has 0 spiro atoms. The third kappa shape index (κ3) is 3.16. The van der Waals surface area contributed by atoms with Crippen molar-refractivity contribution in [3.63, 3.8) is 0 Å². The molecule has 1 aliphatic rings. The van der Waals surface area contributed by atoms with Crippen LogP contribution in [0.5, 0.6) is 0 Å². The Kier molecular flexibility index (Phi) is 4.24. The first kappa shape index (κ1) is 15.0. The molecule has 1 heterocycles. The molecule has 0 fully saturated rings. The standard InChI is InChI=1S/C21H19NO/c1-16-15-18(17(2)23)9-8-14-22(19-10-4-3-5-11-19)21-13-7-6-12-20(16)21/h3-13,15H,1,14H2,2H3/b9-8-,18-15+. The van der Waals surface area contributed by atoms with Gasteiger partial charge in [0, 0.05) is 29.1 Å². The summed E-state index contributed by atoms with van der Waals surface area (Å²) in [6.45, 7) is 6.45. The lowest BCUT2D eigenvalue weighted by atomic mass is 10.0. The van der Waals surface area contributed by atoms with Crippen molar-refractivity contribution < 1.29 is 4.79 Å². The number of rotatable bonds is 2. The van der Waals surface area contributed by atoms with Crippen LogP contribution in [-0.2, 0) is 4.79 Å². The Morgan fingerprint density at radius 2 is 1.74 bits per heavy atom. The van der Waals surface area contributed by atoms with Gasteiger partial charge in [-0.15, -0.1) is 0 Å². The van der Waals surface area contributed by atoms with Crippen molar-refractivity contribution in [2.75, 3.05) is 11.4 Å². The summed E-state index contributed by atoms with van der Waals surface area (Å²) in [6, 6.07) is 18.4. The van der Waals surface area contributed by atoms with Gasteiger partial charge in [0.2, 0.25) is 0 Å². The molecule has 0 amide bonds. The number of carbonyl (C=O) groups excluding carboxylic acids is 1. The van der Waals surface area contributed by atoms with E-state index in [-0.39, 0.29) is 5.78 Å². The van der Waals surface area contributed by atoms with Crippen LogP contribution in [0.2, 0.25) is 0 Å². The number of anilines is 2. The Morgan fingerprint density at radius 1 is 1.04 bits per heavy atom. The smallest absolute Gasteiger partial charge is 0.159 e. The van der Waals surface area contributed by atoms with Crippen molar-refractivity contribution in [1.82, 2.24) is 0 Å². The third-order valence-corrected chi connectivity index (χ3v) is 3.93. The van der Waals surface area contributed by atoms with Gasteiger partial charge in [0.1, 0.15) is 0 Å². The molecule has 2 aromatic rings. The van der Waals surface area contributed by atoms with Crippen LogP contribution in [0.15, 0.2) is 85.0 Å².